The lowest BCUT2D eigenvalue weighted by atomic mass is 9.86. The van der Waals surface area contributed by atoms with Gasteiger partial charge in [0.05, 0.1) is 7.11 Å². The Morgan fingerprint density at radius 1 is 1.32 bits per heavy atom. The smallest absolute Gasteiger partial charge is 0.119 e. The molecule has 0 N–H and O–H groups in total. The van der Waals surface area contributed by atoms with Crippen molar-refractivity contribution in [3.8, 4) is 5.75 Å². The Hall–Kier alpha value is -0.950. The van der Waals surface area contributed by atoms with Gasteiger partial charge in [-0.1, -0.05) is 12.1 Å². The molecule has 1 aromatic heterocycles. The van der Waals surface area contributed by atoms with Gasteiger partial charge in [0.1, 0.15) is 5.75 Å². The van der Waals surface area contributed by atoms with Gasteiger partial charge in [0, 0.05) is 25.0 Å². The first-order chi connectivity index (χ1) is 10.8. The topological polar surface area (TPSA) is 12.5 Å². The molecular formula is C18H21ClNOP. The molecule has 0 radical (unpaired) electrons. The van der Waals surface area contributed by atoms with Gasteiger partial charge in [0.2, 0.25) is 0 Å². The van der Waals surface area contributed by atoms with Gasteiger partial charge in [-0.05, 0) is 58.7 Å². The van der Waals surface area contributed by atoms with Crippen LogP contribution in [0.4, 0.5) is 0 Å². The molecule has 0 saturated heterocycles. The molecule has 0 saturated carbocycles. The van der Waals surface area contributed by atoms with Crippen LogP contribution in [0.3, 0.4) is 0 Å². The molecule has 22 heavy (non-hydrogen) atoms. The molecule has 3 heterocycles. The summed E-state index contributed by atoms with van der Waals surface area (Å²) in [6, 6.07) is 9.59. The molecular weight excluding hydrogens is 313 g/mol. The second-order valence-corrected chi connectivity index (χ2v) is 8.12. The van der Waals surface area contributed by atoms with Gasteiger partial charge < -0.3 is 4.74 Å². The van der Waals surface area contributed by atoms with Crippen molar-refractivity contribution in [3.05, 3.63) is 51.5 Å². The largest absolute Gasteiger partial charge is 0.497 e. The molecule has 0 amide bonds. The zero-order valence-corrected chi connectivity index (χ0v) is 14.6. The first-order valence-corrected chi connectivity index (χ1v) is 9.48. The number of benzene rings is 1. The van der Waals surface area contributed by atoms with Crippen LogP contribution >= 0.6 is 19.8 Å². The van der Waals surface area contributed by atoms with Crippen LogP contribution in [0.15, 0.2) is 24.3 Å². The van der Waals surface area contributed by atoms with E-state index in [9.17, 15) is 0 Å². The zero-order chi connectivity index (χ0) is 15.1. The molecule has 0 bridgehead atoms. The van der Waals surface area contributed by atoms with Gasteiger partial charge in [0.15, 0.2) is 0 Å². The SMILES string of the molecule is COc1ccc2c(c1)CCN1Cc3[pH]c(CCCl)cc3CC21. The number of alkyl halides is 1. The quantitative estimate of drug-likeness (QED) is 0.782. The van der Waals surface area contributed by atoms with Gasteiger partial charge in [-0.15, -0.1) is 19.8 Å². The van der Waals surface area contributed by atoms with E-state index < -0.39 is 0 Å². The fourth-order valence-electron chi connectivity index (χ4n) is 3.87. The van der Waals surface area contributed by atoms with Crippen LogP contribution in [0, 0.1) is 0 Å². The van der Waals surface area contributed by atoms with Crippen LogP contribution in [0.5, 0.6) is 5.75 Å². The van der Waals surface area contributed by atoms with E-state index in [2.05, 4.69) is 29.2 Å². The van der Waals surface area contributed by atoms with Gasteiger partial charge in [-0.25, -0.2) is 0 Å². The van der Waals surface area contributed by atoms with Crippen molar-refractivity contribution >= 4 is 19.8 Å². The number of aryl methyl sites for hydroxylation is 1. The number of ether oxygens (including phenoxy) is 1. The Morgan fingerprint density at radius 2 is 2.23 bits per heavy atom. The number of fused-ring (bicyclic) bond motifs is 4. The van der Waals surface area contributed by atoms with Crippen molar-refractivity contribution in [2.45, 2.75) is 31.8 Å². The molecule has 2 unspecified atom stereocenters. The molecule has 2 nitrogen and oxygen atoms in total. The summed E-state index contributed by atoms with van der Waals surface area (Å²) < 4.78 is 5.38. The van der Waals surface area contributed by atoms with Crippen molar-refractivity contribution in [1.82, 2.24) is 4.90 Å². The van der Waals surface area contributed by atoms with Gasteiger partial charge in [-0.2, -0.15) is 0 Å². The highest BCUT2D eigenvalue weighted by molar-refractivity contribution is 7.32. The van der Waals surface area contributed by atoms with E-state index >= 15 is 0 Å². The number of hydrogen-bond acceptors (Lipinski definition) is 2. The maximum atomic E-state index is 5.92. The Balaban J connectivity index is 1.66. The minimum atomic E-state index is 0.546. The Bertz CT molecular complexity index is 696. The molecule has 2 aliphatic heterocycles. The first-order valence-electron chi connectivity index (χ1n) is 7.95. The normalized spacial score (nSPS) is 20.5. The van der Waals surface area contributed by atoms with E-state index in [0.717, 1.165) is 52.2 Å². The summed E-state index contributed by atoms with van der Waals surface area (Å²) >= 11 is 5.92. The predicted octanol–water partition coefficient (Wildman–Crippen LogP) is 4.16. The molecule has 4 rings (SSSR count). The molecule has 2 aliphatic rings. The second kappa shape index (κ2) is 5.92. The van der Waals surface area contributed by atoms with Crippen LogP contribution in [0.1, 0.15) is 33.3 Å². The summed E-state index contributed by atoms with van der Waals surface area (Å²) in [4.78, 5) is 2.66. The van der Waals surface area contributed by atoms with E-state index in [1.165, 1.54) is 11.1 Å². The number of rotatable bonds is 3. The van der Waals surface area contributed by atoms with Crippen LogP contribution in [0.25, 0.3) is 0 Å². The lowest BCUT2D eigenvalue weighted by molar-refractivity contribution is 0.163. The third-order valence-electron chi connectivity index (χ3n) is 5.00. The number of methoxy groups -OCH3 is 1. The fourth-order valence-corrected chi connectivity index (χ4v) is 5.74. The summed E-state index contributed by atoms with van der Waals surface area (Å²) in [5.41, 5.74) is 4.56. The highest BCUT2D eigenvalue weighted by Crippen LogP contribution is 2.43. The van der Waals surface area contributed by atoms with E-state index in [1.807, 2.05) is 0 Å². The van der Waals surface area contributed by atoms with Crippen molar-refractivity contribution in [2.75, 3.05) is 19.5 Å². The highest BCUT2D eigenvalue weighted by Gasteiger charge is 2.32. The first kappa shape index (κ1) is 14.6. The summed E-state index contributed by atoms with van der Waals surface area (Å²) in [5.74, 6) is 1.73. The average Bonchev–Trinajstić information content (AvgIpc) is 2.93. The van der Waals surface area contributed by atoms with Crippen LogP contribution in [-0.4, -0.2) is 24.4 Å². The average molecular weight is 334 g/mol. The van der Waals surface area contributed by atoms with Crippen molar-refractivity contribution in [2.24, 2.45) is 0 Å². The summed E-state index contributed by atoms with van der Waals surface area (Å²) in [5, 5.41) is 3.21. The third kappa shape index (κ3) is 2.48. The van der Waals surface area contributed by atoms with E-state index in [1.54, 1.807) is 23.3 Å². The lowest BCUT2D eigenvalue weighted by Gasteiger charge is -2.40. The summed E-state index contributed by atoms with van der Waals surface area (Å²) in [6.07, 6.45) is 3.34. The van der Waals surface area contributed by atoms with Crippen molar-refractivity contribution in [3.63, 3.8) is 0 Å². The number of nitrogens with zero attached hydrogens (tertiary/aromatic N) is 1. The molecule has 0 spiro atoms. The molecule has 0 fully saturated rings. The monoisotopic (exact) mass is 333 g/mol. The van der Waals surface area contributed by atoms with Crippen molar-refractivity contribution in [1.29, 1.82) is 0 Å². The van der Waals surface area contributed by atoms with E-state index in [4.69, 9.17) is 16.3 Å². The van der Waals surface area contributed by atoms with Crippen LogP contribution in [0.2, 0.25) is 0 Å². The maximum absolute atomic E-state index is 5.92. The second-order valence-electron chi connectivity index (χ2n) is 6.24. The van der Waals surface area contributed by atoms with E-state index in [-0.39, 0.29) is 0 Å². The molecule has 116 valence electrons. The number of hydrogen-bond donors (Lipinski definition) is 0. The molecule has 0 aliphatic carbocycles. The maximum Gasteiger partial charge on any atom is 0.119 e. The molecule has 2 atom stereocenters. The molecule has 2 aromatic rings. The lowest BCUT2D eigenvalue weighted by Crippen LogP contribution is -2.38. The van der Waals surface area contributed by atoms with Gasteiger partial charge in [-0.3, -0.25) is 4.90 Å². The standard InChI is InChI=1S/C18H21ClNOP/c1-21-14-2-3-16-12(8-14)5-7-20-11-18-13(10-17(16)20)9-15(22-18)4-6-19/h2-3,8-9,17,22H,4-7,10-11H2,1H3. The van der Waals surface area contributed by atoms with Crippen molar-refractivity contribution < 1.29 is 4.74 Å². The minimum absolute atomic E-state index is 0.546. The Labute approximate surface area is 138 Å². The third-order valence-corrected chi connectivity index (χ3v) is 6.69. The fraction of sp³-hybridized carbons (Fsp3) is 0.444. The highest BCUT2D eigenvalue weighted by atomic mass is 35.5. The Kier molecular flexibility index (Phi) is 3.94. The predicted molar refractivity (Wildman–Crippen MR) is 93.9 cm³/mol. The Morgan fingerprint density at radius 3 is 3.05 bits per heavy atom. The van der Waals surface area contributed by atoms with Crippen LogP contribution in [-0.2, 0) is 25.8 Å². The number of halogens is 1. The molecule has 1 aromatic carbocycles. The zero-order valence-electron chi connectivity index (χ0n) is 12.9. The summed E-state index contributed by atoms with van der Waals surface area (Å²) in [6.45, 7) is 2.31. The minimum Gasteiger partial charge on any atom is -0.497 e. The molecule has 4 heteroatoms. The van der Waals surface area contributed by atoms with Gasteiger partial charge in [0.25, 0.3) is 0 Å². The van der Waals surface area contributed by atoms with Crippen LogP contribution < -0.4 is 4.74 Å². The summed E-state index contributed by atoms with van der Waals surface area (Å²) in [7, 11) is 2.63. The van der Waals surface area contributed by atoms with E-state index in [0.29, 0.717) is 6.04 Å². The van der Waals surface area contributed by atoms with Gasteiger partial charge >= 0.3 is 0 Å².